The molecule has 0 unspecified atom stereocenters. The highest BCUT2D eigenvalue weighted by Gasteiger charge is 2.20. The smallest absolute Gasteiger partial charge is 0.255 e. The summed E-state index contributed by atoms with van der Waals surface area (Å²) in [7, 11) is 1.59. The number of aryl methyl sites for hydroxylation is 1. The Labute approximate surface area is 129 Å². The molecule has 2 rings (SSSR count). The molecule has 1 aromatic heterocycles. The first-order valence-corrected chi connectivity index (χ1v) is 7.06. The normalized spacial score (nSPS) is 12.2. The fraction of sp³-hybridized carbons (Fsp3) is 0.375. The molecule has 6 heteroatoms. The third-order valence-electron chi connectivity index (χ3n) is 3.38. The molecule has 0 saturated heterocycles. The van der Waals surface area contributed by atoms with Crippen molar-refractivity contribution in [3.05, 3.63) is 47.0 Å². The van der Waals surface area contributed by atoms with E-state index in [2.05, 4.69) is 10.4 Å². The van der Waals surface area contributed by atoms with Crippen LogP contribution in [0.4, 0.5) is 4.39 Å². The maximum atomic E-state index is 13.0. The topological polar surface area (TPSA) is 56.1 Å². The highest BCUT2D eigenvalue weighted by atomic mass is 19.1. The molecule has 0 radical (unpaired) electrons. The van der Waals surface area contributed by atoms with E-state index in [1.165, 1.54) is 12.1 Å². The van der Waals surface area contributed by atoms with Gasteiger partial charge in [0.05, 0.1) is 29.2 Å². The molecule has 1 atom stereocenters. The summed E-state index contributed by atoms with van der Waals surface area (Å²) in [6, 6.07) is 5.90. The second kappa shape index (κ2) is 6.70. The Morgan fingerprint density at radius 3 is 2.59 bits per heavy atom. The number of methoxy groups -OCH3 is 1. The maximum absolute atomic E-state index is 13.0. The summed E-state index contributed by atoms with van der Waals surface area (Å²) in [6.07, 6.45) is 0. The van der Waals surface area contributed by atoms with Gasteiger partial charge in [-0.3, -0.25) is 4.79 Å². The van der Waals surface area contributed by atoms with Gasteiger partial charge in [0.25, 0.3) is 5.91 Å². The Hall–Kier alpha value is -2.21. The van der Waals surface area contributed by atoms with Crippen LogP contribution in [0.25, 0.3) is 5.69 Å². The van der Waals surface area contributed by atoms with Crippen LogP contribution in [0, 0.1) is 19.7 Å². The highest BCUT2D eigenvalue weighted by Crippen LogP contribution is 2.18. The summed E-state index contributed by atoms with van der Waals surface area (Å²) in [5.74, 6) is -0.496. The molecule has 0 aliphatic rings. The van der Waals surface area contributed by atoms with Crippen LogP contribution in [-0.2, 0) is 4.74 Å². The van der Waals surface area contributed by atoms with Crippen LogP contribution in [0.15, 0.2) is 24.3 Å². The van der Waals surface area contributed by atoms with Crippen LogP contribution in [0.1, 0.15) is 28.7 Å². The molecule has 22 heavy (non-hydrogen) atoms. The lowest BCUT2D eigenvalue weighted by molar-refractivity contribution is 0.0904. The average molecular weight is 305 g/mol. The number of rotatable bonds is 5. The molecular formula is C16H20FN3O2. The number of amides is 1. The van der Waals surface area contributed by atoms with Crippen molar-refractivity contribution >= 4 is 5.91 Å². The van der Waals surface area contributed by atoms with E-state index >= 15 is 0 Å². The molecule has 0 aliphatic carbocycles. The van der Waals surface area contributed by atoms with E-state index in [9.17, 15) is 9.18 Å². The van der Waals surface area contributed by atoms with Gasteiger partial charge in [-0.05, 0) is 45.0 Å². The van der Waals surface area contributed by atoms with E-state index in [0.29, 0.717) is 29.2 Å². The minimum atomic E-state index is -0.309. The van der Waals surface area contributed by atoms with E-state index in [0.717, 1.165) is 0 Å². The summed E-state index contributed by atoms with van der Waals surface area (Å²) < 4.78 is 19.7. The second-order valence-electron chi connectivity index (χ2n) is 5.26. The molecule has 1 heterocycles. The Kier molecular flexibility index (Phi) is 4.92. The van der Waals surface area contributed by atoms with Crippen molar-refractivity contribution in [1.29, 1.82) is 0 Å². The number of halogens is 1. The fourth-order valence-electron chi connectivity index (χ4n) is 2.39. The van der Waals surface area contributed by atoms with E-state index < -0.39 is 0 Å². The predicted octanol–water partition coefficient (Wildman–Crippen LogP) is 2.39. The van der Waals surface area contributed by atoms with Crippen LogP contribution in [0.2, 0.25) is 0 Å². The van der Waals surface area contributed by atoms with Crippen molar-refractivity contribution < 1.29 is 13.9 Å². The molecule has 2 aromatic rings. The molecule has 0 aliphatic heterocycles. The summed E-state index contributed by atoms with van der Waals surface area (Å²) in [5, 5.41) is 7.26. The van der Waals surface area contributed by atoms with Crippen LogP contribution in [-0.4, -0.2) is 35.4 Å². The van der Waals surface area contributed by atoms with Gasteiger partial charge in [-0.2, -0.15) is 5.10 Å². The maximum Gasteiger partial charge on any atom is 0.255 e. The average Bonchev–Trinajstić information content (AvgIpc) is 2.75. The zero-order valence-electron chi connectivity index (χ0n) is 13.2. The summed E-state index contributed by atoms with van der Waals surface area (Å²) >= 11 is 0. The highest BCUT2D eigenvalue weighted by molar-refractivity contribution is 5.96. The number of aromatic nitrogens is 2. The number of nitrogens with one attached hydrogen (secondary N) is 1. The largest absolute Gasteiger partial charge is 0.383 e. The third-order valence-corrected chi connectivity index (χ3v) is 3.38. The number of ether oxygens (including phenoxy) is 1. The lowest BCUT2D eigenvalue weighted by atomic mass is 10.1. The molecule has 0 fully saturated rings. The molecule has 0 bridgehead atoms. The lowest BCUT2D eigenvalue weighted by Crippen LogP contribution is -2.36. The molecule has 5 nitrogen and oxygen atoms in total. The molecule has 0 saturated carbocycles. The number of benzene rings is 1. The van der Waals surface area contributed by atoms with Gasteiger partial charge in [-0.1, -0.05) is 0 Å². The number of nitrogens with zero attached hydrogens (tertiary/aromatic N) is 2. The van der Waals surface area contributed by atoms with Crippen LogP contribution in [0.3, 0.4) is 0 Å². The van der Waals surface area contributed by atoms with Crippen molar-refractivity contribution in [2.24, 2.45) is 0 Å². The molecule has 1 N–H and O–H groups in total. The van der Waals surface area contributed by atoms with Crippen molar-refractivity contribution in [3.8, 4) is 5.69 Å². The molecule has 118 valence electrons. The van der Waals surface area contributed by atoms with Gasteiger partial charge in [-0.25, -0.2) is 9.07 Å². The minimum Gasteiger partial charge on any atom is -0.383 e. The van der Waals surface area contributed by atoms with Gasteiger partial charge in [-0.15, -0.1) is 0 Å². The monoisotopic (exact) mass is 305 g/mol. The lowest BCUT2D eigenvalue weighted by Gasteiger charge is -2.13. The first-order valence-electron chi connectivity index (χ1n) is 7.06. The predicted molar refractivity (Wildman–Crippen MR) is 81.8 cm³/mol. The van der Waals surface area contributed by atoms with Crippen LogP contribution >= 0.6 is 0 Å². The van der Waals surface area contributed by atoms with Gasteiger partial charge in [0.2, 0.25) is 0 Å². The SMILES string of the molecule is COC[C@H](C)NC(=O)c1c(C)nn(-c2ccc(F)cc2)c1C. The number of carbonyl (C=O) groups is 1. The minimum absolute atomic E-state index is 0.0922. The summed E-state index contributed by atoms with van der Waals surface area (Å²) in [4.78, 5) is 12.4. The van der Waals surface area contributed by atoms with Gasteiger partial charge in [0.15, 0.2) is 0 Å². The molecule has 0 spiro atoms. The van der Waals surface area contributed by atoms with Crippen molar-refractivity contribution in [2.75, 3.05) is 13.7 Å². The van der Waals surface area contributed by atoms with Crippen LogP contribution in [0.5, 0.6) is 0 Å². The standard InChI is InChI=1S/C16H20FN3O2/c1-10(9-22-4)18-16(21)15-11(2)19-20(12(15)3)14-7-5-13(17)6-8-14/h5-8,10H,9H2,1-4H3,(H,18,21)/t10-/m0/s1. The van der Waals surface area contributed by atoms with Gasteiger partial charge in [0.1, 0.15) is 5.82 Å². The number of hydrogen-bond acceptors (Lipinski definition) is 3. The Bertz CT molecular complexity index is 665. The van der Waals surface area contributed by atoms with E-state index in [4.69, 9.17) is 4.74 Å². The third kappa shape index (κ3) is 3.33. The quantitative estimate of drug-likeness (QED) is 0.923. The zero-order valence-corrected chi connectivity index (χ0v) is 13.2. The van der Waals surface area contributed by atoms with E-state index in [-0.39, 0.29) is 17.8 Å². The van der Waals surface area contributed by atoms with Crippen molar-refractivity contribution in [2.45, 2.75) is 26.8 Å². The van der Waals surface area contributed by atoms with Gasteiger partial charge in [0, 0.05) is 13.2 Å². The number of carbonyl (C=O) groups excluding carboxylic acids is 1. The summed E-state index contributed by atoms with van der Waals surface area (Å²) in [5.41, 5.74) is 2.59. The molecule has 1 amide bonds. The first kappa shape index (κ1) is 16.2. The first-order chi connectivity index (χ1) is 10.4. The Morgan fingerprint density at radius 1 is 1.36 bits per heavy atom. The van der Waals surface area contributed by atoms with Crippen LogP contribution < -0.4 is 5.32 Å². The van der Waals surface area contributed by atoms with E-state index in [1.807, 2.05) is 13.8 Å². The van der Waals surface area contributed by atoms with E-state index in [1.54, 1.807) is 30.8 Å². The summed E-state index contributed by atoms with van der Waals surface area (Å²) in [6.45, 7) is 5.91. The van der Waals surface area contributed by atoms with Gasteiger partial charge < -0.3 is 10.1 Å². The number of hydrogen-bond donors (Lipinski definition) is 1. The fourth-order valence-corrected chi connectivity index (χ4v) is 2.39. The zero-order chi connectivity index (χ0) is 16.3. The van der Waals surface area contributed by atoms with Gasteiger partial charge >= 0.3 is 0 Å². The molecular weight excluding hydrogens is 285 g/mol. The molecule has 1 aromatic carbocycles. The second-order valence-corrected chi connectivity index (χ2v) is 5.26. The Morgan fingerprint density at radius 2 is 2.00 bits per heavy atom. The Balaban J connectivity index is 2.31. The van der Waals surface area contributed by atoms with Crippen molar-refractivity contribution in [3.63, 3.8) is 0 Å². The van der Waals surface area contributed by atoms with Crippen molar-refractivity contribution in [1.82, 2.24) is 15.1 Å².